The van der Waals surface area contributed by atoms with E-state index in [0.29, 0.717) is 10.6 Å². The van der Waals surface area contributed by atoms with E-state index in [1.54, 1.807) is 0 Å². The summed E-state index contributed by atoms with van der Waals surface area (Å²) in [5, 5.41) is 0.678. The van der Waals surface area contributed by atoms with E-state index in [1.165, 1.54) is 18.9 Å². The number of halogens is 1. The van der Waals surface area contributed by atoms with E-state index in [2.05, 4.69) is 0 Å². The molecule has 0 amide bonds. The fraction of sp³-hybridized carbons (Fsp3) is 0.133. The average Bonchev–Trinajstić information content (AvgIpc) is 2.38. The maximum Gasteiger partial charge on any atom is 0.339 e. The number of rotatable bonds is 3. The molecule has 0 atom stereocenters. The van der Waals surface area contributed by atoms with Crippen LogP contribution in [0.2, 0.25) is 5.02 Å². The number of hydrogen-bond acceptors (Lipinski definition) is 3. The van der Waals surface area contributed by atoms with Gasteiger partial charge in [0.1, 0.15) is 0 Å². The van der Waals surface area contributed by atoms with Gasteiger partial charge in [0.25, 0.3) is 0 Å². The average molecular weight is 293 g/mol. The van der Waals surface area contributed by atoms with Crippen LogP contribution >= 0.6 is 23.4 Å². The van der Waals surface area contributed by atoms with Crippen LogP contribution in [-0.2, 0) is 4.74 Å². The van der Waals surface area contributed by atoms with Crippen LogP contribution in [0.15, 0.2) is 52.3 Å². The number of ether oxygens (including phenoxy) is 1. The summed E-state index contributed by atoms with van der Waals surface area (Å²) < 4.78 is 4.84. The van der Waals surface area contributed by atoms with Gasteiger partial charge in [0.2, 0.25) is 0 Å². The van der Waals surface area contributed by atoms with Crippen LogP contribution in [0.4, 0.5) is 0 Å². The summed E-state index contributed by atoms with van der Waals surface area (Å²) in [6, 6.07) is 13.3. The summed E-state index contributed by atoms with van der Waals surface area (Å²) in [5.41, 5.74) is 1.51. The lowest BCUT2D eigenvalue weighted by atomic mass is 10.1. The summed E-state index contributed by atoms with van der Waals surface area (Å²) in [5.74, 6) is -0.317. The first kappa shape index (κ1) is 14.0. The molecule has 2 nitrogen and oxygen atoms in total. The lowest BCUT2D eigenvalue weighted by Crippen LogP contribution is -2.05. The Morgan fingerprint density at radius 2 is 1.95 bits per heavy atom. The zero-order chi connectivity index (χ0) is 13.8. The molecule has 2 rings (SSSR count). The van der Waals surface area contributed by atoms with Gasteiger partial charge in [-0.3, -0.25) is 0 Å². The standard InChI is InChI=1S/C15H13ClO2S/c1-10-5-3-8-13(14(10)15(17)18-2)19-12-7-4-6-11(16)9-12/h3-9H,1-2H3. The van der Waals surface area contributed by atoms with Crippen LogP contribution in [0.25, 0.3) is 0 Å². The van der Waals surface area contributed by atoms with Gasteiger partial charge < -0.3 is 4.74 Å². The molecule has 0 fully saturated rings. The normalized spacial score (nSPS) is 10.3. The zero-order valence-electron chi connectivity index (χ0n) is 10.6. The fourth-order valence-electron chi connectivity index (χ4n) is 1.75. The SMILES string of the molecule is COC(=O)c1c(C)cccc1Sc1cccc(Cl)c1. The van der Waals surface area contributed by atoms with Crippen LogP contribution in [-0.4, -0.2) is 13.1 Å². The number of carbonyl (C=O) groups excluding carboxylic acids is 1. The molecule has 0 N–H and O–H groups in total. The molecular formula is C15H13ClO2S. The Hall–Kier alpha value is -1.45. The molecule has 0 aliphatic rings. The van der Waals surface area contributed by atoms with Crippen LogP contribution in [0.1, 0.15) is 15.9 Å². The second-order valence-corrected chi connectivity index (χ2v) is 5.55. The van der Waals surface area contributed by atoms with Crippen molar-refractivity contribution in [2.75, 3.05) is 7.11 Å². The minimum atomic E-state index is -0.317. The Bertz CT molecular complexity index is 611. The third-order valence-electron chi connectivity index (χ3n) is 2.65. The molecule has 0 bridgehead atoms. The van der Waals surface area contributed by atoms with Gasteiger partial charge in [-0.05, 0) is 36.8 Å². The first-order valence-corrected chi connectivity index (χ1v) is 6.92. The molecule has 0 aromatic heterocycles. The van der Waals surface area contributed by atoms with Crippen LogP contribution in [0, 0.1) is 6.92 Å². The maximum atomic E-state index is 11.9. The summed E-state index contributed by atoms with van der Waals surface area (Å²) in [6.45, 7) is 1.90. The van der Waals surface area contributed by atoms with Crippen LogP contribution in [0.5, 0.6) is 0 Å². The Kier molecular flexibility index (Phi) is 4.51. The van der Waals surface area contributed by atoms with E-state index in [9.17, 15) is 4.79 Å². The largest absolute Gasteiger partial charge is 0.465 e. The van der Waals surface area contributed by atoms with Crippen molar-refractivity contribution in [2.45, 2.75) is 16.7 Å². The molecule has 2 aromatic rings. The van der Waals surface area contributed by atoms with Crippen molar-refractivity contribution in [1.29, 1.82) is 0 Å². The molecule has 0 radical (unpaired) electrons. The third kappa shape index (κ3) is 3.31. The second kappa shape index (κ2) is 6.13. The monoisotopic (exact) mass is 292 g/mol. The molecule has 0 spiro atoms. The van der Waals surface area contributed by atoms with Gasteiger partial charge in [-0.25, -0.2) is 4.79 Å². The molecule has 2 aromatic carbocycles. The van der Waals surface area contributed by atoms with Crippen molar-refractivity contribution in [2.24, 2.45) is 0 Å². The van der Waals surface area contributed by atoms with Gasteiger partial charge in [-0.1, -0.05) is 41.6 Å². The Morgan fingerprint density at radius 1 is 1.21 bits per heavy atom. The lowest BCUT2D eigenvalue weighted by molar-refractivity contribution is 0.0596. The predicted molar refractivity (Wildman–Crippen MR) is 78.1 cm³/mol. The highest BCUT2D eigenvalue weighted by atomic mass is 35.5. The highest BCUT2D eigenvalue weighted by Crippen LogP contribution is 2.33. The van der Waals surface area contributed by atoms with Crippen molar-refractivity contribution in [3.8, 4) is 0 Å². The first-order chi connectivity index (χ1) is 9.11. The molecule has 0 aliphatic heterocycles. The molecule has 0 heterocycles. The Labute approximate surface area is 121 Å². The summed E-state index contributed by atoms with van der Waals surface area (Å²) in [4.78, 5) is 13.7. The van der Waals surface area contributed by atoms with E-state index < -0.39 is 0 Å². The maximum absolute atomic E-state index is 11.9. The van der Waals surface area contributed by atoms with Gasteiger partial charge >= 0.3 is 5.97 Å². The Balaban J connectivity index is 2.40. The van der Waals surface area contributed by atoms with Crippen molar-refractivity contribution in [1.82, 2.24) is 0 Å². The van der Waals surface area contributed by atoms with Crippen LogP contribution < -0.4 is 0 Å². The first-order valence-electron chi connectivity index (χ1n) is 5.73. The summed E-state index contributed by atoms with van der Waals surface area (Å²) in [6.07, 6.45) is 0. The van der Waals surface area contributed by atoms with Gasteiger partial charge in [-0.2, -0.15) is 0 Å². The molecule has 4 heteroatoms. The summed E-state index contributed by atoms with van der Waals surface area (Å²) >= 11 is 7.47. The molecule has 0 saturated heterocycles. The van der Waals surface area contributed by atoms with E-state index in [4.69, 9.17) is 16.3 Å². The third-order valence-corrected chi connectivity index (χ3v) is 3.93. The number of aryl methyl sites for hydroxylation is 1. The quantitative estimate of drug-likeness (QED) is 0.774. The molecule has 0 saturated carbocycles. The predicted octanol–water partition coefficient (Wildman–Crippen LogP) is 4.59. The highest BCUT2D eigenvalue weighted by molar-refractivity contribution is 7.99. The zero-order valence-corrected chi connectivity index (χ0v) is 12.2. The van der Waals surface area contributed by atoms with Gasteiger partial charge in [0.15, 0.2) is 0 Å². The highest BCUT2D eigenvalue weighted by Gasteiger charge is 2.15. The minimum Gasteiger partial charge on any atom is -0.465 e. The van der Waals surface area contributed by atoms with Crippen molar-refractivity contribution < 1.29 is 9.53 Å². The minimum absolute atomic E-state index is 0.317. The van der Waals surface area contributed by atoms with Crippen molar-refractivity contribution in [3.05, 3.63) is 58.6 Å². The van der Waals surface area contributed by atoms with Gasteiger partial charge in [0, 0.05) is 14.8 Å². The number of hydrogen-bond donors (Lipinski definition) is 0. The molecular weight excluding hydrogens is 280 g/mol. The molecule has 19 heavy (non-hydrogen) atoms. The summed E-state index contributed by atoms with van der Waals surface area (Å²) in [7, 11) is 1.39. The van der Waals surface area contributed by atoms with Gasteiger partial charge in [-0.15, -0.1) is 0 Å². The van der Waals surface area contributed by atoms with E-state index in [1.807, 2.05) is 49.4 Å². The van der Waals surface area contributed by atoms with E-state index in [-0.39, 0.29) is 5.97 Å². The van der Waals surface area contributed by atoms with E-state index in [0.717, 1.165) is 15.4 Å². The van der Waals surface area contributed by atoms with Gasteiger partial charge in [0.05, 0.1) is 12.7 Å². The fourth-order valence-corrected chi connectivity index (χ4v) is 3.08. The number of carbonyl (C=O) groups is 1. The molecule has 98 valence electrons. The number of benzene rings is 2. The second-order valence-electron chi connectivity index (χ2n) is 4.00. The Morgan fingerprint density at radius 3 is 2.63 bits per heavy atom. The number of methoxy groups -OCH3 is 1. The lowest BCUT2D eigenvalue weighted by Gasteiger charge is -2.10. The molecule has 0 unspecified atom stereocenters. The smallest absolute Gasteiger partial charge is 0.339 e. The number of esters is 1. The molecule has 0 aliphatic carbocycles. The van der Waals surface area contributed by atoms with Crippen LogP contribution in [0.3, 0.4) is 0 Å². The van der Waals surface area contributed by atoms with Crippen molar-refractivity contribution >= 4 is 29.3 Å². The topological polar surface area (TPSA) is 26.3 Å². The van der Waals surface area contributed by atoms with E-state index >= 15 is 0 Å². The van der Waals surface area contributed by atoms with Crippen molar-refractivity contribution in [3.63, 3.8) is 0 Å².